The van der Waals surface area contributed by atoms with Gasteiger partial charge in [0.15, 0.2) is 0 Å². The molecule has 0 aliphatic heterocycles. The Bertz CT molecular complexity index is 140. The van der Waals surface area contributed by atoms with Gasteiger partial charge in [-0.3, -0.25) is 4.98 Å². The Morgan fingerprint density at radius 1 is 1.25 bits per heavy atom. The second kappa shape index (κ2) is 3.57. The summed E-state index contributed by atoms with van der Waals surface area (Å²) in [6.07, 6.45) is 3.48. The fourth-order valence-electron chi connectivity index (χ4n) is 0.334. The molecule has 44 valence electrons. The Morgan fingerprint density at radius 2 is 1.75 bits per heavy atom. The lowest BCUT2D eigenvalue weighted by Gasteiger charge is -1.80. The minimum Gasteiger partial charge on any atom is -0.344 e. The van der Waals surface area contributed by atoms with Crippen molar-refractivity contribution in [3.63, 3.8) is 0 Å². The van der Waals surface area contributed by atoms with Crippen LogP contribution in [-0.4, -0.2) is 4.98 Å². The maximum atomic E-state index is 3.82. The Hall–Kier alpha value is -0.410. The van der Waals surface area contributed by atoms with Crippen molar-refractivity contribution in [3.8, 4) is 0 Å². The molecule has 3 N–H and O–H groups in total. The Labute approximate surface area is 56.7 Å². The molecule has 2 nitrogen and oxygen atoms in total. The van der Waals surface area contributed by atoms with Gasteiger partial charge >= 0.3 is 0 Å². The SMILES string of the molecule is Brc1ccncc1.N. The zero-order valence-electron chi connectivity index (χ0n) is 4.34. The van der Waals surface area contributed by atoms with Gasteiger partial charge in [0.05, 0.1) is 0 Å². The number of halogens is 1. The highest BCUT2D eigenvalue weighted by atomic mass is 79.9. The van der Waals surface area contributed by atoms with Crippen LogP contribution >= 0.6 is 15.9 Å². The van der Waals surface area contributed by atoms with E-state index in [9.17, 15) is 0 Å². The predicted molar refractivity (Wildman–Crippen MR) is 37.0 cm³/mol. The monoisotopic (exact) mass is 174 g/mol. The van der Waals surface area contributed by atoms with Crippen molar-refractivity contribution >= 4 is 15.9 Å². The van der Waals surface area contributed by atoms with E-state index in [1.165, 1.54) is 0 Å². The predicted octanol–water partition coefficient (Wildman–Crippen LogP) is 2.01. The zero-order chi connectivity index (χ0) is 5.11. The smallest absolute Gasteiger partial charge is 0.0279 e. The van der Waals surface area contributed by atoms with Crippen molar-refractivity contribution in [3.05, 3.63) is 29.0 Å². The van der Waals surface area contributed by atoms with Gasteiger partial charge in [-0.25, -0.2) is 0 Å². The van der Waals surface area contributed by atoms with Gasteiger partial charge < -0.3 is 6.15 Å². The van der Waals surface area contributed by atoms with Gasteiger partial charge in [-0.15, -0.1) is 0 Å². The van der Waals surface area contributed by atoms with E-state index in [2.05, 4.69) is 20.9 Å². The summed E-state index contributed by atoms with van der Waals surface area (Å²) >= 11 is 3.27. The van der Waals surface area contributed by atoms with Crippen molar-refractivity contribution in [2.24, 2.45) is 0 Å². The first kappa shape index (κ1) is 7.59. The molecule has 0 spiro atoms. The van der Waals surface area contributed by atoms with Crippen LogP contribution in [0, 0.1) is 0 Å². The highest BCUT2D eigenvalue weighted by molar-refractivity contribution is 9.10. The van der Waals surface area contributed by atoms with Gasteiger partial charge in [-0.05, 0) is 12.1 Å². The van der Waals surface area contributed by atoms with Crippen LogP contribution in [0.25, 0.3) is 0 Å². The number of hydrogen-bond donors (Lipinski definition) is 1. The van der Waals surface area contributed by atoms with Crippen LogP contribution in [0.15, 0.2) is 29.0 Å². The van der Waals surface area contributed by atoms with Gasteiger partial charge in [0.25, 0.3) is 0 Å². The van der Waals surface area contributed by atoms with E-state index in [-0.39, 0.29) is 6.15 Å². The molecule has 1 heterocycles. The Balaban J connectivity index is 0.000000490. The van der Waals surface area contributed by atoms with E-state index in [1.54, 1.807) is 12.4 Å². The number of pyridine rings is 1. The number of rotatable bonds is 0. The quantitative estimate of drug-likeness (QED) is 0.655. The first-order valence-electron chi connectivity index (χ1n) is 1.95. The van der Waals surface area contributed by atoms with E-state index in [0.29, 0.717) is 0 Å². The summed E-state index contributed by atoms with van der Waals surface area (Å²) in [5.74, 6) is 0. The number of hydrogen-bond acceptors (Lipinski definition) is 2. The van der Waals surface area contributed by atoms with Gasteiger partial charge in [-0.2, -0.15) is 0 Å². The molecule has 0 saturated carbocycles. The second-order valence-electron chi connectivity index (χ2n) is 1.17. The molecule has 1 rings (SSSR count). The standard InChI is InChI=1S/C5H4BrN.H3N/c6-5-1-3-7-4-2-5;/h1-4H;1H3. The van der Waals surface area contributed by atoms with E-state index in [1.807, 2.05) is 12.1 Å². The zero-order valence-corrected chi connectivity index (χ0v) is 5.93. The third-order valence-electron chi connectivity index (χ3n) is 0.640. The fourth-order valence-corrected chi connectivity index (χ4v) is 0.570. The maximum absolute atomic E-state index is 3.82. The molecule has 0 bridgehead atoms. The molecule has 0 radical (unpaired) electrons. The molecule has 0 aliphatic rings. The fraction of sp³-hybridized carbons (Fsp3) is 0. The largest absolute Gasteiger partial charge is 0.344 e. The maximum Gasteiger partial charge on any atom is 0.0279 e. The summed E-state index contributed by atoms with van der Waals surface area (Å²) in [6.45, 7) is 0. The highest BCUT2D eigenvalue weighted by Crippen LogP contribution is 2.03. The van der Waals surface area contributed by atoms with E-state index in [4.69, 9.17) is 0 Å². The number of nitrogens with zero attached hydrogens (tertiary/aromatic N) is 1. The second-order valence-corrected chi connectivity index (χ2v) is 2.08. The molecule has 0 saturated heterocycles. The molecule has 1 aromatic rings. The summed E-state index contributed by atoms with van der Waals surface area (Å²) < 4.78 is 1.07. The normalized spacial score (nSPS) is 7.62. The van der Waals surface area contributed by atoms with Crippen LogP contribution < -0.4 is 6.15 Å². The number of aromatic nitrogens is 1. The van der Waals surface area contributed by atoms with Crippen LogP contribution in [0.4, 0.5) is 0 Å². The van der Waals surface area contributed by atoms with Crippen molar-refractivity contribution in [1.29, 1.82) is 0 Å². The topological polar surface area (TPSA) is 47.9 Å². The lowest BCUT2D eigenvalue weighted by Crippen LogP contribution is -1.63. The van der Waals surface area contributed by atoms with Crippen molar-refractivity contribution < 1.29 is 0 Å². The molecule has 0 amide bonds. The molecule has 1 aromatic heterocycles. The van der Waals surface area contributed by atoms with E-state index in [0.717, 1.165) is 4.47 Å². The molecular formula is C5H7BrN2. The van der Waals surface area contributed by atoms with Crippen LogP contribution in [0.2, 0.25) is 0 Å². The van der Waals surface area contributed by atoms with Crippen molar-refractivity contribution in [2.45, 2.75) is 0 Å². The summed E-state index contributed by atoms with van der Waals surface area (Å²) in [7, 11) is 0. The van der Waals surface area contributed by atoms with Gasteiger partial charge in [0.2, 0.25) is 0 Å². The molecular weight excluding hydrogens is 168 g/mol. The lowest BCUT2D eigenvalue weighted by molar-refractivity contribution is 1.32. The van der Waals surface area contributed by atoms with Crippen LogP contribution in [0.5, 0.6) is 0 Å². The molecule has 8 heavy (non-hydrogen) atoms. The summed E-state index contributed by atoms with van der Waals surface area (Å²) in [6, 6.07) is 3.78. The van der Waals surface area contributed by atoms with Gasteiger partial charge in [0.1, 0.15) is 0 Å². The summed E-state index contributed by atoms with van der Waals surface area (Å²) in [4.78, 5) is 3.82. The minimum absolute atomic E-state index is 0. The van der Waals surface area contributed by atoms with Crippen LogP contribution in [-0.2, 0) is 0 Å². The van der Waals surface area contributed by atoms with E-state index < -0.39 is 0 Å². The van der Waals surface area contributed by atoms with Gasteiger partial charge in [-0.1, -0.05) is 15.9 Å². The molecule has 0 atom stereocenters. The third-order valence-corrected chi connectivity index (χ3v) is 1.17. The molecule has 0 unspecified atom stereocenters. The van der Waals surface area contributed by atoms with Crippen LogP contribution in [0.3, 0.4) is 0 Å². The summed E-state index contributed by atoms with van der Waals surface area (Å²) in [5, 5.41) is 0. The average Bonchev–Trinajstić information content (AvgIpc) is 1.69. The first-order chi connectivity index (χ1) is 3.39. The molecule has 0 fully saturated rings. The van der Waals surface area contributed by atoms with Gasteiger partial charge in [0, 0.05) is 16.9 Å². The van der Waals surface area contributed by atoms with Crippen LogP contribution in [0.1, 0.15) is 0 Å². The average molecular weight is 175 g/mol. The molecule has 3 heteroatoms. The molecule has 0 aliphatic carbocycles. The van der Waals surface area contributed by atoms with Crippen molar-refractivity contribution in [1.82, 2.24) is 11.1 Å². The Morgan fingerprint density at radius 3 is 2.00 bits per heavy atom. The van der Waals surface area contributed by atoms with Crippen molar-refractivity contribution in [2.75, 3.05) is 0 Å². The highest BCUT2D eigenvalue weighted by Gasteiger charge is 1.75. The van der Waals surface area contributed by atoms with E-state index >= 15 is 0 Å². The first-order valence-corrected chi connectivity index (χ1v) is 2.74. The third kappa shape index (κ3) is 2.04. The molecule has 0 aromatic carbocycles. The lowest BCUT2D eigenvalue weighted by atomic mass is 10.5. The summed E-state index contributed by atoms with van der Waals surface area (Å²) in [5.41, 5.74) is 0. The Kier molecular flexibility index (Phi) is 3.39. The minimum atomic E-state index is 0.